The van der Waals surface area contributed by atoms with Gasteiger partial charge in [0.05, 0.1) is 24.7 Å². The summed E-state index contributed by atoms with van der Waals surface area (Å²) < 4.78 is 0. The van der Waals surface area contributed by atoms with Crippen LogP contribution in [0.1, 0.15) is 39.9 Å². The fraction of sp³-hybridized carbons (Fsp3) is 0.184. The van der Waals surface area contributed by atoms with Crippen LogP contribution in [-0.4, -0.2) is 33.5 Å². The monoisotopic (exact) mass is 551 g/mol. The van der Waals surface area contributed by atoms with Crippen LogP contribution in [0.2, 0.25) is 0 Å². The van der Waals surface area contributed by atoms with Crippen LogP contribution in [0.25, 0.3) is 0 Å². The van der Waals surface area contributed by atoms with E-state index >= 15 is 0 Å². The van der Waals surface area contributed by atoms with Crippen molar-refractivity contribution in [3.63, 3.8) is 0 Å². The van der Waals surface area contributed by atoms with Crippen LogP contribution >= 0.6 is 0 Å². The van der Waals surface area contributed by atoms with Crippen LogP contribution in [0.15, 0.2) is 157 Å². The van der Waals surface area contributed by atoms with Crippen molar-refractivity contribution in [3.05, 3.63) is 179 Å². The highest BCUT2D eigenvalue weighted by molar-refractivity contribution is 5.84. The number of aliphatic imine (C=N–C) groups is 1. The van der Waals surface area contributed by atoms with Crippen molar-refractivity contribution in [1.82, 2.24) is 9.80 Å². The van der Waals surface area contributed by atoms with Crippen LogP contribution in [0.5, 0.6) is 0 Å². The van der Waals surface area contributed by atoms with E-state index in [0.29, 0.717) is 19.5 Å². The van der Waals surface area contributed by atoms with Gasteiger partial charge in [-0.15, -0.1) is 0 Å². The number of benzene rings is 5. The molecule has 1 N–H and O–H groups in total. The van der Waals surface area contributed by atoms with Crippen molar-refractivity contribution in [2.45, 2.75) is 37.6 Å². The van der Waals surface area contributed by atoms with E-state index in [1.807, 2.05) is 18.2 Å². The molecule has 1 aliphatic heterocycles. The van der Waals surface area contributed by atoms with Gasteiger partial charge in [-0.25, -0.2) is 4.99 Å². The lowest BCUT2D eigenvalue weighted by Gasteiger charge is -2.29. The molecule has 4 heteroatoms. The van der Waals surface area contributed by atoms with Crippen molar-refractivity contribution in [1.29, 1.82) is 0 Å². The number of hydrogen-bond acceptors (Lipinski definition) is 2. The summed E-state index contributed by atoms with van der Waals surface area (Å²) in [6.45, 7) is 1.39. The van der Waals surface area contributed by atoms with Gasteiger partial charge in [0.15, 0.2) is 5.96 Å². The molecule has 0 saturated carbocycles. The van der Waals surface area contributed by atoms with Crippen molar-refractivity contribution < 1.29 is 5.11 Å². The number of aliphatic hydroxyl groups is 1. The third-order valence-electron chi connectivity index (χ3n) is 7.98. The van der Waals surface area contributed by atoms with Gasteiger partial charge in [0.1, 0.15) is 0 Å². The zero-order chi connectivity index (χ0) is 28.6. The summed E-state index contributed by atoms with van der Waals surface area (Å²) in [6, 6.07) is 53.0. The number of nitrogens with zero attached hydrogens (tertiary/aromatic N) is 3. The molecule has 1 saturated heterocycles. The van der Waals surface area contributed by atoms with Crippen molar-refractivity contribution in [3.8, 4) is 0 Å². The van der Waals surface area contributed by atoms with Crippen LogP contribution in [0, 0.1) is 0 Å². The highest BCUT2D eigenvalue weighted by Gasteiger charge is 2.45. The van der Waals surface area contributed by atoms with Crippen molar-refractivity contribution in [2.75, 3.05) is 6.61 Å². The summed E-state index contributed by atoms with van der Waals surface area (Å²) in [7, 11) is 0. The number of aliphatic hydroxyl groups excluding tert-OH is 1. The molecule has 0 bridgehead atoms. The Bertz CT molecular complexity index is 1450. The maximum absolute atomic E-state index is 10.6. The van der Waals surface area contributed by atoms with Crippen LogP contribution in [0.3, 0.4) is 0 Å². The zero-order valence-corrected chi connectivity index (χ0v) is 23.8. The number of hydrogen-bond donors (Lipinski definition) is 1. The third-order valence-corrected chi connectivity index (χ3v) is 7.98. The molecule has 0 aliphatic carbocycles. The second-order valence-electron chi connectivity index (χ2n) is 10.9. The fourth-order valence-electron chi connectivity index (χ4n) is 6.03. The molecule has 3 atom stereocenters. The van der Waals surface area contributed by atoms with E-state index in [4.69, 9.17) is 4.99 Å². The van der Waals surface area contributed by atoms with Crippen molar-refractivity contribution >= 4 is 5.96 Å². The normalized spacial score (nSPS) is 17.3. The molecule has 0 radical (unpaired) electrons. The molecule has 4 nitrogen and oxygen atoms in total. The first-order valence-corrected chi connectivity index (χ1v) is 14.7. The van der Waals surface area contributed by atoms with Crippen LogP contribution in [0.4, 0.5) is 0 Å². The Balaban J connectivity index is 1.53. The van der Waals surface area contributed by atoms with Gasteiger partial charge in [0, 0.05) is 13.1 Å². The first-order chi connectivity index (χ1) is 20.8. The van der Waals surface area contributed by atoms with Gasteiger partial charge in [-0.1, -0.05) is 152 Å². The Labute approximate surface area is 249 Å². The molecule has 210 valence electrons. The summed E-state index contributed by atoms with van der Waals surface area (Å²) in [4.78, 5) is 10.3. The zero-order valence-electron chi connectivity index (χ0n) is 23.8. The maximum Gasteiger partial charge on any atom is 0.198 e. The lowest BCUT2D eigenvalue weighted by Crippen LogP contribution is -2.36. The van der Waals surface area contributed by atoms with Gasteiger partial charge in [-0.3, -0.25) is 0 Å². The lowest BCUT2D eigenvalue weighted by molar-refractivity contribution is 0.263. The van der Waals surface area contributed by atoms with Gasteiger partial charge >= 0.3 is 0 Å². The van der Waals surface area contributed by atoms with E-state index in [9.17, 15) is 5.11 Å². The lowest BCUT2D eigenvalue weighted by atomic mass is 9.92. The third kappa shape index (κ3) is 6.29. The molecule has 0 aromatic heterocycles. The number of guanidine groups is 1. The molecule has 42 heavy (non-hydrogen) atoms. The van der Waals surface area contributed by atoms with Crippen molar-refractivity contribution in [2.24, 2.45) is 4.99 Å². The van der Waals surface area contributed by atoms with Gasteiger partial charge in [-0.05, 0) is 34.2 Å². The summed E-state index contributed by atoms with van der Waals surface area (Å²) in [6.07, 6.45) is 0.672. The second-order valence-corrected chi connectivity index (χ2v) is 10.9. The van der Waals surface area contributed by atoms with Gasteiger partial charge < -0.3 is 14.9 Å². The molecule has 0 spiro atoms. The molecule has 0 amide bonds. The van der Waals surface area contributed by atoms with E-state index in [-0.39, 0.29) is 24.7 Å². The quantitative estimate of drug-likeness (QED) is 0.196. The minimum absolute atomic E-state index is 0.0207. The molecule has 1 aliphatic rings. The molecule has 6 rings (SSSR count). The average molecular weight is 552 g/mol. The fourth-order valence-corrected chi connectivity index (χ4v) is 6.03. The Morgan fingerprint density at radius 1 is 0.500 bits per heavy atom. The average Bonchev–Trinajstić information content (AvgIpc) is 3.34. The highest BCUT2D eigenvalue weighted by atomic mass is 16.3. The summed E-state index contributed by atoms with van der Waals surface area (Å²) in [5.74, 6) is 0.917. The Morgan fingerprint density at radius 3 is 1.24 bits per heavy atom. The molecule has 5 aromatic carbocycles. The minimum atomic E-state index is -0.273. The smallest absolute Gasteiger partial charge is 0.198 e. The first-order valence-electron chi connectivity index (χ1n) is 14.7. The van der Waals surface area contributed by atoms with E-state index in [2.05, 4.69) is 143 Å². The summed E-state index contributed by atoms with van der Waals surface area (Å²) in [5.41, 5.74) is 6.11. The van der Waals surface area contributed by atoms with E-state index in [1.54, 1.807) is 0 Å². The van der Waals surface area contributed by atoms with Crippen LogP contribution < -0.4 is 0 Å². The first kappa shape index (κ1) is 27.5. The van der Waals surface area contributed by atoms with E-state index in [0.717, 1.165) is 5.96 Å². The van der Waals surface area contributed by atoms with Crippen LogP contribution in [-0.2, 0) is 19.5 Å². The molecular formula is C38H37N3O. The van der Waals surface area contributed by atoms with E-state index in [1.165, 1.54) is 27.8 Å². The van der Waals surface area contributed by atoms with Gasteiger partial charge in [0.2, 0.25) is 0 Å². The Kier molecular flexibility index (Phi) is 8.73. The second kappa shape index (κ2) is 13.3. The maximum atomic E-state index is 10.6. The predicted molar refractivity (Wildman–Crippen MR) is 171 cm³/mol. The Hall–Kier alpha value is -4.67. The number of rotatable bonds is 10. The molecule has 1 fully saturated rings. The van der Waals surface area contributed by atoms with E-state index < -0.39 is 0 Å². The summed E-state index contributed by atoms with van der Waals surface area (Å²) >= 11 is 0. The highest BCUT2D eigenvalue weighted by Crippen LogP contribution is 2.46. The standard InChI is InChI=1S/C38H37N3O/c42-29-35(26-30-16-6-1-7-17-30)39-38-40(27-31-18-8-2-9-19-31)36(33-22-12-4-13-23-33)37(34-24-14-5-15-25-34)41(38)28-32-20-10-3-11-21-32/h1-25,35-37,42H,26-29H2/t35-,36+,37+/m1/s1. The molecule has 1 heterocycles. The SMILES string of the molecule is OC[C@@H](Cc1ccccc1)N=C1N(Cc2ccccc2)[C@@H](c2ccccc2)[C@H](c2ccccc2)N1Cc1ccccc1. The Morgan fingerprint density at radius 2 is 0.857 bits per heavy atom. The molecule has 5 aromatic rings. The van der Waals surface area contributed by atoms with Gasteiger partial charge in [-0.2, -0.15) is 0 Å². The minimum Gasteiger partial charge on any atom is -0.394 e. The van der Waals surface area contributed by atoms with Gasteiger partial charge in [0.25, 0.3) is 0 Å². The topological polar surface area (TPSA) is 39.1 Å². The largest absolute Gasteiger partial charge is 0.394 e. The predicted octanol–water partition coefficient (Wildman–Crippen LogP) is 7.45. The molecular weight excluding hydrogens is 514 g/mol. The molecule has 0 unspecified atom stereocenters. The summed E-state index contributed by atoms with van der Waals surface area (Å²) in [5, 5.41) is 10.6.